The second-order valence-electron chi connectivity index (χ2n) is 3.58. The molecule has 0 aliphatic rings. The third-order valence-corrected chi connectivity index (χ3v) is 2.31. The first-order valence-corrected chi connectivity index (χ1v) is 5.38. The minimum atomic E-state index is -0.441. The summed E-state index contributed by atoms with van der Waals surface area (Å²) >= 11 is 0. The lowest BCUT2D eigenvalue weighted by Gasteiger charge is -1.99. The minimum Gasteiger partial charge on any atom is -0.465 e. The van der Waals surface area contributed by atoms with E-state index in [4.69, 9.17) is 4.74 Å². The van der Waals surface area contributed by atoms with Crippen LogP contribution in [0.1, 0.15) is 5.56 Å². The summed E-state index contributed by atoms with van der Waals surface area (Å²) in [6.45, 7) is 0. The fourth-order valence-electron chi connectivity index (χ4n) is 1.40. The molecule has 0 radical (unpaired) electrons. The normalized spacial score (nSPS) is 10.4. The monoisotopic (exact) mass is 241 g/mol. The Bertz CT molecular complexity index is 547. The lowest BCUT2D eigenvalue weighted by molar-refractivity contribution is -0.384. The van der Waals surface area contributed by atoms with Gasteiger partial charge in [0, 0.05) is 12.1 Å². The van der Waals surface area contributed by atoms with Crippen molar-refractivity contribution < 1.29 is 9.66 Å². The van der Waals surface area contributed by atoms with Crippen LogP contribution in [0.25, 0.3) is 6.08 Å². The van der Waals surface area contributed by atoms with Crippen LogP contribution in [-0.2, 0) is 0 Å². The number of nitrogens with zero attached hydrogens (tertiary/aromatic N) is 1. The summed E-state index contributed by atoms with van der Waals surface area (Å²) < 4.78 is 5.34. The van der Waals surface area contributed by atoms with Gasteiger partial charge in [-0.3, -0.25) is 10.1 Å². The highest BCUT2D eigenvalue weighted by atomic mass is 16.6. The topological polar surface area (TPSA) is 52.4 Å². The highest BCUT2D eigenvalue weighted by Crippen LogP contribution is 2.17. The molecular weight excluding hydrogens is 230 g/mol. The number of hydrogen-bond donors (Lipinski definition) is 0. The molecule has 90 valence electrons. The van der Waals surface area contributed by atoms with Gasteiger partial charge in [-0.25, -0.2) is 0 Å². The highest BCUT2D eigenvalue weighted by Gasteiger charge is 2.03. The molecule has 4 nitrogen and oxygen atoms in total. The molecule has 2 aromatic rings. The van der Waals surface area contributed by atoms with Crippen LogP contribution in [0.3, 0.4) is 0 Å². The fourth-order valence-corrected chi connectivity index (χ4v) is 1.40. The van der Waals surface area contributed by atoms with Crippen molar-refractivity contribution in [2.75, 3.05) is 0 Å². The Hall–Kier alpha value is -2.62. The van der Waals surface area contributed by atoms with Gasteiger partial charge in [-0.15, -0.1) is 0 Å². The average molecular weight is 241 g/mol. The molecule has 2 aromatic carbocycles. The lowest BCUT2D eigenvalue weighted by Crippen LogP contribution is -1.87. The van der Waals surface area contributed by atoms with Gasteiger partial charge in [0.05, 0.1) is 11.2 Å². The molecule has 0 heterocycles. The van der Waals surface area contributed by atoms with Crippen molar-refractivity contribution >= 4 is 11.8 Å². The van der Waals surface area contributed by atoms with E-state index in [0.717, 1.165) is 5.56 Å². The van der Waals surface area contributed by atoms with Gasteiger partial charge < -0.3 is 4.74 Å². The van der Waals surface area contributed by atoms with Crippen molar-refractivity contribution in [2.45, 2.75) is 0 Å². The minimum absolute atomic E-state index is 0.0504. The second-order valence-corrected chi connectivity index (χ2v) is 3.58. The number of benzene rings is 2. The predicted molar refractivity (Wildman–Crippen MR) is 69.2 cm³/mol. The number of nitro benzene ring substituents is 1. The fraction of sp³-hybridized carbons (Fsp3) is 0. The van der Waals surface area contributed by atoms with Gasteiger partial charge in [0.15, 0.2) is 0 Å². The van der Waals surface area contributed by atoms with E-state index in [1.165, 1.54) is 12.1 Å². The quantitative estimate of drug-likeness (QED) is 0.466. The smallest absolute Gasteiger partial charge is 0.269 e. The summed E-state index contributed by atoms with van der Waals surface area (Å²) in [4.78, 5) is 10.0. The molecule has 0 atom stereocenters. The van der Waals surface area contributed by atoms with Crippen LogP contribution in [-0.4, -0.2) is 4.92 Å². The van der Waals surface area contributed by atoms with Crippen LogP contribution in [0.4, 0.5) is 5.69 Å². The molecule has 0 saturated heterocycles. The van der Waals surface area contributed by atoms with Crippen molar-refractivity contribution in [3.63, 3.8) is 0 Å². The molecule has 0 aliphatic heterocycles. The SMILES string of the molecule is O=[N+]([O-])c1ccc(O/C=C/c2ccccc2)cc1. The average Bonchev–Trinajstić information content (AvgIpc) is 2.40. The van der Waals surface area contributed by atoms with Gasteiger partial charge in [0.2, 0.25) is 0 Å². The van der Waals surface area contributed by atoms with Crippen LogP contribution >= 0.6 is 0 Å². The van der Waals surface area contributed by atoms with Crippen molar-refractivity contribution in [2.24, 2.45) is 0 Å². The third kappa shape index (κ3) is 3.18. The maximum Gasteiger partial charge on any atom is 0.269 e. The number of ether oxygens (including phenoxy) is 1. The van der Waals surface area contributed by atoms with E-state index in [1.807, 2.05) is 36.4 Å². The molecule has 0 aliphatic carbocycles. The van der Waals surface area contributed by atoms with E-state index in [1.54, 1.807) is 18.4 Å². The van der Waals surface area contributed by atoms with Crippen LogP contribution in [0.2, 0.25) is 0 Å². The van der Waals surface area contributed by atoms with E-state index in [0.29, 0.717) is 5.75 Å². The van der Waals surface area contributed by atoms with Gasteiger partial charge in [0.25, 0.3) is 5.69 Å². The Morgan fingerprint density at radius 3 is 2.28 bits per heavy atom. The van der Waals surface area contributed by atoms with Gasteiger partial charge >= 0.3 is 0 Å². The molecule has 0 unspecified atom stereocenters. The summed E-state index contributed by atoms with van der Waals surface area (Å²) in [5.41, 5.74) is 1.08. The van der Waals surface area contributed by atoms with Crippen LogP contribution in [0.5, 0.6) is 5.75 Å². The Morgan fingerprint density at radius 1 is 1.00 bits per heavy atom. The molecular formula is C14H11NO3. The van der Waals surface area contributed by atoms with Crippen molar-refractivity contribution in [1.82, 2.24) is 0 Å². The molecule has 0 fully saturated rings. The molecule has 0 amide bonds. The maximum atomic E-state index is 10.5. The first-order chi connectivity index (χ1) is 8.75. The maximum absolute atomic E-state index is 10.5. The highest BCUT2D eigenvalue weighted by molar-refractivity contribution is 5.48. The third-order valence-electron chi connectivity index (χ3n) is 2.31. The Labute approximate surface area is 104 Å². The van der Waals surface area contributed by atoms with Crippen molar-refractivity contribution in [1.29, 1.82) is 0 Å². The number of nitro groups is 1. The first-order valence-electron chi connectivity index (χ1n) is 5.38. The largest absolute Gasteiger partial charge is 0.465 e. The molecule has 2 rings (SSSR count). The van der Waals surface area contributed by atoms with Gasteiger partial charge in [-0.05, 0) is 23.8 Å². The van der Waals surface area contributed by atoms with Crippen LogP contribution in [0, 0.1) is 10.1 Å². The van der Waals surface area contributed by atoms with Crippen LogP contribution < -0.4 is 4.74 Å². The summed E-state index contributed by atoms with van der Waals surface area (Å²) in [6, 6.07) is 15.7. The molecule has 4 heteroatoms. The molecule has 0 aromatic heterocycles. The number of hydrogen-bond acceptors (Lipinski definition) is 3. The molecule has 0 saturated carbocycles. The zero-order valence-corrected chi connectivity index (χ0v) is 9.52. The summed E-state index contributed by atoms with van der Waals surface area (Å²) in [5, 5.41) is 10.5. The molecule has 0 bridgehead atoms. The van der Waals surface area contributed by atoms with E-state index in [9.17, 15) is 10.1 Å². The van der Waals surface area contributed by atoms with Crippen molar-refractivity contribution in [3.05, 3.63) is 76.5 Å². The zero-order valence-electron chi connectivity index (χ0n) is 9.52. The Kier molecular flexibility index (Phi) is 3.71. The van der Waals surface area contributed by atoms with Gasteiger partial charge in [0.1, 0.15) is 5.75 Å². The summed E-state index contributed by atoms with van der Waals surface area (Å²) in [6.07, 6.45) is 3.37. The Balaban J connectivity index is 1.98. The molecule has 18 heavy (non-hydrogen) atoms. The lowest BCUT2D eigenvalue weighted by atomic mass is 10.2. The van der Waals surface area contributed by atoms with Gasteiger partial charge in [-0.2, -0.15) is 0 Å². The van der Waals surface area contributed by atoms with E-state index in [-0.39, 0.29) is 5.69 Å². The van der Waals surface area contributed by atoms with E-state index >= 15 is 0 Å². The van der Waals surface area contributed by atoms with E-state index < -0.39 is 4.92 Å². The predicted octanol–water partition coefficient (Wildman–Crippen LogP) is 3.64. The van der Waals surface area contributed by atoms with Crippen molar-refractivity contribution in [3.8, 4) is 5.75 Å². The number of rotatable bonds is 4. The summed E-state index contributed by atoms with van der Waals surface area (Å²) in [7, 11) is 0. The molecule has 0 spiro atoms. The van der Waals surface area contributed by atoms with E-state index in [2.05, 4.69) is 0 Å². The standard InChI is InChI=1S/C14H11NO3/c16-15(17)13-6-8-14(9-7-13)18-11-10-12-4-2-1-3-5-12/h1-11H/b11-10+. The second kappa shape index (κ2) is 5.63. The Morgan fingerprint density at radius 2 is 1.67 bits per heavy atom. The zero-order chi connectivity index (χ0) is 12.8. The molecule has 0 N–H and O–H groups in total. The van der Waals surface area contributed by atoms with Crippen LogP contribution in [0.15, 0.2) is 60.9 Å². The summed E-state index contributed by atoms with van der Waals surface area (Å²) in [5.74, 6) is 0.563. The number of non-ortho nitro benzene ring substituents is 1. The van der Waals surface area contributed by atoms with Gasteiger partial charge in [-0.1, -0.05) is 30.3 Å². The first kappa shape index (κ1) is 11.9.